The molecule has 1 saturated carbocycles. The highest BCUT2D eigenvalue weighted by Gasteiger charge is 2.24. The molecule has 1 aromatic rings. The van der Waals surface area contributed by atoms with Crippen LogP contribution in [-0.4, -0.2) is 37.1 Å². The monoisotopic (exact) mass is 263 g/mol. The molecule has 1 aliphatic rings. The van der Waals surface area contributed by atoms with Crippen molar-refractivity contribution in [2.75, 3.05) is 14.1 Å². The van der Waals surface area contributed by atoms with E-state index in [1.54, 1.807) is 25.1 Å². The van der Waals surface area contributed by atoms with Gasteiger partial charge in [0.25, 0.3) is 5.91 Å². The third-order valence-electron chi connectivity index (χ3n) is 2.78. The summed E-state index contributed by atoms with van der Waals surface area (Å²) in [7, 11) is 3.46. The van der Waals surface area contributed by atoms with Gasteiger partial charge in [0, 0.05) is 20.2 Å². The topological polar surface area (TPSA) is 38.8 Å². The van der Waals surface area contributed by atoms with Crippen LogP contribution in [0.5, 0.6) is 11.5 Å². The molecule has 0 radical (unpaired) electrons. The van der Waals surface area contributed by atoms with E-state index in [-0.39, 0.29) is 12.0 Å². The van der Waals surface area contributed by atoms with Crippen LogP contribution in [-0.2, 0) is 0 Å². The van der Waals surface area contributed by atoms with E-state index in [4.69, 9.17) is 9.47 Å². The van der Waals surface area contributed by atoms with Gasteiger partial charge in [-0.25, -0.2) is 0 Å². The van der Waals surface area contributed by atoms with Crippen molar-refractivity contribution in [1.82, 2.24) is 4.90 Å². The molecule has 0 aliphatic heterocycles. The molecule has 0 spiro atoms. The number of nitrogens with zero attached hydrogens (tertiary/aromatic N) is 1. The lowest BCUT2D eigenvalue weighted by atomic mass is 10.1. The van der Waals surface area contributed by atoms with Gasteiger partial charge in [0.2, 0.25) is 0 Å². The summed E-state index contributed by atoms with van der Waals surface area (Å²) < 4.78 is 11.5. The van der Waals surface area contributed by atoms with Gasteiger partial charge < -0.3 is 14.4 Å². The molecular weight excluding hydrogens is 242 g/mol. The molecule has 0 heterocycles. The normalized spacial score (nSPS) is 14.4. The molecule has 0 atom stereocenters. The molecule has 0 N–H and O–H groups in total. The summed E-state index contributed by atoms with van der Waals surface area (Å²) in [6.07, 6.45) is 2.57. The van der Waals surface area contributed by atoms with E-state index in [1.165, 1.54) is 0 Å². The number of hydrogen-bond acceptors (Lipinski definition) is 3. The minimum atomic E-state index is -0.0615. The highest BCUT2D eigenvalue weighted by atomic mass is 16.5. The Balaban J connectivity index is 2.27. The lowest BCUT2D eigenvalue weighted by molar-refractivity contribution is 0.0821. The standard InChI is InChI=1S/C15H21NO3/c1-10(2)18-14-9-12(19-11-5-6-11)7-8-13(14)15(17)16(3)4/h7-11H,5-6H2,1-4H3. The zero-order valence-electron chi connectivity index (χ0n) is 12.0. The molecule has 4 heteroatoms. The Kier molecular flexibility index (Phi) is 3.98. The van der Waals surface area contributed by atoms with Crippen LogP contribution in [0.4, 0.5) is 0 Å². The predicted molar refractivity (Wildman–Crippen MR) is 73.9 cm³/mol. The van der Waals surface area contributed by atoms with Gasteiger partial charge >= 0.3 is 0 Å². The fraction of sp³-hybridized carbons (Fsp3) is 0.533. The van der Waals surface area contributed by atoms with E-state index in [9.17, 15) is 4.79 Å². The minimum Gasteiger partial charge on any atom is -0.490 e. The van der Waals surface area contributed by atoms with Crippen molar-refractivity contribution < 1.29 is 14.3 Å². The first kappa shape index (κ1) is 13.7. The van der Waals surface area contributed by atoms with E-state index in [0.29, 0.717) is 17.4 Å². The van der Waals surface area contributed by atoms with E-state index in [0.717, 1.165) is 18.6 Å². The second-order valence-electron chi connectivity index (χ2n) is 5.34. The van der Waals surface area contributed by atoms with Gasteiger partial charge in [0.05, 0.1) is 17.8 Å². The molecular formula is C15H21NO3. The Morgan fingerprint density at radius 1 is 1.32 bits per heavy atom. The molecule has 0 bridgehead atoms. The lowest BCUT2D eigenvalue weighted by Crippen LogP contribution is -2.23. The smallest absolute Gasteiger partial charge is 0.257 e. The summed E-state index contributed by atoms with van der Waals surface area (Å²) in [6.45, 7) is 3.89. The van der Waals surface area contributed by atoms with Gasteiger partial charge in [-0.05, 0) is 38.8 Å². The predicted octanol–water partition coefficient (Wildman–Crippen LogP) is 2.72. The van der Waals surface area contributed by atoms with Gasteiger partial charge in [-0.3, -0.25) is 4.79 Å². The highest BCUT2D eigenvalue weighted by Crippen LogP contribution is 2.31. The molecule has 1 amide bonds. The van der Waals surface area contributed by atoms with Crippen molar-refractivity contribution in [3.8, 4) is 11.5 Å². The highest BCUT2D eigenvalue weighted by molar-refractivity contribution is 5.96. The Hall–Kier alpha value is -1.71. The van der Waals surface area contributed by atoms with Crippen molar-refractivity contribution in [3.63, 3.8) is 0 Å². The molecule has 1 aromatic carbocycles. The van der Waals surface area contributed by atoms with Crippen LogP contribution in [0.15, 0.2) is 18.2 Å². The maximum atomic E-state index is 12.1. The van der Waals surface area contributed by atoms with Crippen molar-refractivity contribution in [2.24, 2.45) is 0 Å². The summed E-state index contributed by atoms with van der Waals surface area (Å²) in [5.41, 5.74) is 0.571. The van der Waals surface area contributed by atoms with Crippen molar-refractivity contribution in [2.45, 2.75) is 38.9 Å². The number of carbonyl (C=O) groups excluding carboxylic acids is 1. The Bertz CT molecular complexity index is 464. The van der Waals surface area contributed by atoms with Gasteiger partial charge in [0.15, 0.2) is 0 Å². The zero-order valence-corrected chi connectivity index (χ0v) is 12.0. The summed E-state index contributed by atoms with van der Waals surface area (Å²) in [6, 6.07) is 5.43. The van der Waals surface area contributed by atoms with Crippen LogP contribution < -0.4 is 9.47 Å². The Labute approximate surface area is 114 Å². The molecule has 4 nitrogen and oxygen atoms in total. The maximum absolute atomic E-state index is 12.1. The summed E-state index contributed by atoms with van der Waals surface area (Å²) in [5.74, 6) is 1.30. The van der Waals surface area contributed by atoms with Crippen LogP contribution in [0.25, 0.3) is 0 Å². The number of carbonyl (C=O) groups is 1. The van der Waals surface area contributed by atoms with Gasteiger partial charge in [-0.15, -0.1) is 0 Å². The fourth-order valence-electron chi connectivity index (χ4n) is 1.72. The van der Waals surface area contributed by atoms with Crippen LogP contribution >= 0.6 is 0 Å². The number of benzene rings is 1. The first-order chi connectivity index (χ1) is 8.97. The summed E-state index contributed by atoms with van der Waals surface area (Å²) in [5, 5.41) is 0. The van der Waals surface area contributed by atoms with Crippen molar-refractivity contribution in [1.29, 1.82) is 0 Å². The van der Waals surface area contributed by atoms with Crippen LogP contribution in [0, 0.1) is 0 Å². The summed E-state index contributed by atoms with van der Waals surface area (Å²) in [4.78, 5) is 13.6. The number of rotatable bonds is 5. The van der Waals surface area contributed by atoms with Gasteiger partial charge in [-0.2, -0.15) is 0 Å². The molecule has 1 aliphatic carbocycles. The molecule has 2 rings (SSSR count). The van der Waals surface area contributed by atoms with Crippen LogP contribution in [0.3, 0.4) is 0 Å². The quantitative estimate of drug-likeness (QED) is 0.820. The molecule has 0 aromatic heterocycles. The fourth-order valence-corrected chi connectivity index (χ4v) is 1.72. The Morgan fingerprint density at radius 3 is 2.53 bits per heavy atom. The van der Waals surface area contributed by atoms with Gasteiger partial charge in [-0.1, -0.05) is 0 Å². The van der Waals surface area contributed by atoms with E-state index >= 15 is 0 Å². The van der Waals surface area contributed by atoms with Gasteiger partial charge in [0.1, 0.15) is 11.5 Å². The Morgan fingerprint density at radius 2 is 2.00 bits per heavy atom. The second kappa shape index (κ2) is 5.51. The largest absolute Gasteiger partial charge is 0.490 e. The second-order valence-corrected chi connectivity index (χ2v) is 5.34. The minimum absolute atomic E-state index is 0.0184. The molecule has 104 valence electrons. The summed E-state index contributed by atoms with van der Waals surface area (Å²) >= 11 is 0. The lowest BCUT2D eigenvalue weighted by Gasteiger charge is -2.18. The molecule has 19 heavy (non-hydrogen) atoms. The average Bonchev–Trinajstić information content (AvgIpc) is 3.11. The molecule has 0 saturated heterocycles. The van der Waals surface area contributed by atoms with Crippen molar-refractivity contribution in [3.05, 3.63) is 23.8 Å². The zero-order chi connectivity index (χ0) is 14.0. The first-order valence-electron chi connectivity index (χ1n) is 6.66. The molecule has 1 fully saturated rings. The SMILES string of the molecule is CC(C)Oc1cc(OC2CC2)ccc1C(=O)N(C)C. The van der Waals surface area contributed by atoms with Crippen molar-refractivity contribution >= 4 is 5.91 Å². The first-order valence-corrected chi connectivity index (χ1v) is 6.66. The third-order valence-corrected chi connectivity index (χ3v) is 2.78. The number of ether oxygens (including phenoxy) is 2. The third kappa shape index (κ3) is 3.63. The van der Waals surface area contributed by atoms with Crippen LogP contribution in [0.2, 0.25) is 0 Å². The number of hydrogen-bond donors (Lipinski definition) is 0. The maximum Gasteiger partial charge on any atom is 0.257 e. The average molecular weight is 263 g/mol. The number of amides is 1. The van der Waals surface area contributed by atoms with E-state index in [1.807, 2.05) is 26.0 Å². The van der Waals surface area contributed by atoms with E-state index in [2.05, 4.69) is 0 Å². The van der Waals surface area contributed by atoms with Crippen LogP contribution in [0.1, 0.15) is 37.0 Å². The van der Waals surface area contributed by atoms with E-state index < -0.39 is 0 Å². The molecule has 0 unspecified atom stereocenters.